The largest absolute Gasteiger partial charge is 0.347 e. The fraction of sp³-hybridized carbons (Fsp3) is 0.625. The fourth-order valence-corrected chi connectivity index (χ4v) is 1.61. The van der Waals surface area contributed by atoms with Gasteiger partial charge in [-0.1, -0.05) is 13.8 Å². The molecule has 0 saturated heterocycles. The van der Waals surface area contributed by atoms with E-state index in [9.17, 15) is 0 Å². The van der Waals surface area contributed by atoms with Crippen LogP contribution in [-0.4, -0.2) is 9.97 Å². The first-order valence-corrected chi connectivity index (χ1v) is 3.84. The number of aromatic nitrogens is 2. The summed E-state index contributed by atoms with van der Waals surface area (Å²) < 4.78 is 0. The summed E-state index contributed by atoms with van der Waals surface area (Å²) >= 11 is 0. The number of rotatable bonds is 1. The highest BCUT2D eigenvalue weighted by molar-refractivity contribution is 5.27. The zero-order valence-corrected chi connectivity index (χ0v) is 6.89. The Morgan fingerprint density at radius 1 is 1.64 bits per heavy atom. The van der Waals surface area contributed by atoms with Gasteiger partial charge in [0.05, 0.1) is 17.6 Å². The van der Waals surface area contributed by atoms with Crippen molar-refractivity contribution in [3.05, 3.63) is 18.2 Å². The summed E-state index contributed by atoms with van der Waals surface area (Å²) in [4.78, 5) is 7.02. The number of H-pyrrole nitrogens is 1. The Bertz CT molecular complexity index is 263. The van der Waals surface area contributed by atoms with E-state index in [1.54, 1.807) is 6.33 Å². The van der Waals surface area contributed by atoms with E-state index < -0.39 is 0 Å². The lowest BCUT2D eigenvalue weighted by Crippen LogP contribution is -2.25. The molecule has 1 heterocycles. The van der Waals surface area contributed by atoms with Crippen molar-refractivity contribution in [1.29, 1.82) is 0 Å². The van der Waals surface area contributed by atoms with Crippen LogP contribution in [0.4, 0.5) is 0 Å². The maximum atomic E-state index is 6.12. The van der Waals surface area contributed by atoms with Crippen molar-refractivity contribution in [2.24, 2.45) is 11.1 Å². The van der Waals surface area contributed by atoms with Crippen molar-refractivity contribution in [2.45, 2.75) is 25.8 Å². The van der Waals surface area contributed by atoms with Gasteiger partial charge in [0.1, 0.15) is 0 Å². The molecule has 2 rings (SSSR count). The predicted molar refractivity (Wildman–Crippen MR) is 42.9 cm³/mol. The molecule has 0 aromatic carbocycles. The van der Waals surface area contributed by atoms with E-state index in [1.807, 2.05) is 6.20 Å². The SMILES string of the molecule is CC1(C)CC1(N)c1cnc[nH]1. The normalized spacial score (nSPS) is 33.7. The first kappa shape index (κ1) is 6.85. The summed E-state index contributed by atoms with van der Waals surface area (Å²) in [7, 11) is 0. The van der Waals surface area contributed by atoms with E-state index in [2.05, 4.69) is 23.8 Å². The molecule has 1 saturated carbocycles. The summed E-state index contributed by atoms with van der Waals surface area (Å²) in [6, 6.07) is 0. The summed E-state index contributed by atoms with van der Waals surface area (Å²) in [5, 5.41) is 0. The molecule has 0 spiro atoms. The number of imidazole rings is 1. The fourth-order valence-electron chi connectivity index (χ4n) is 1.61. The topological polar surface area (TPSA) is 54.7 Å². The Morgan fingerprint density at radius 2 is 2.27 bits per heavy atom. The Morgan fingerprint density at radius 3 is 2.64 bits per heavy atom. The van der Waals surface area contributed by atoms with Gasteiger partial charge in [-0.05, 0) is 11.8 Å². The molecule has 11 heavy (non-hydrogen) atoms. The quantitative estimate of drug-likeness (QED) is 0.629. The second-order valence-corrected chi connectivity index (χ2v) is 4.00. The van der Waals surface area contributed by atoms with Crippen molar-refractivity contribution in [3.8, 4) is 0 Å². The smallest absolute Gasteiger partial charge is 0.0922 e. The van der Waals surface area contributed by atoms with Crippen molar-refractivity contribution in [1.82, 2.24) is 9.97 Å². The molecule has 0 aliphatic heterocycles. The summed E-state index contributed by atoms with van der Waals surface area (Å²) in [6.07, 6.45) is 4.54. The third kappa shape index (κ3) is 0.744. The second-order valence-electron chi connectivity index (χ2n) is 4.00. The third-order valence-electron chi connectivity index (χ3n) is 2.78. The highest BCUT2D eigenvalue weighted by Crippen LogP contribution is 2.59. The van der Waals surface area contributed by atoms with Crippen LogP contribution in [-0.2, 0) is 5.54 Å². The molecule has 1 aromatic heterocycles. The van der Waals surface area contributed by atoms with E-state index in [-0.39, 0.29) is 11.0 Å². The minimum Gasteiger partial charge on any atom is -0.347 e. The Hall–Kier alpha value is -0.830. The number of nitrogens with one attached hydrogen (secondary N) is 1. The van der Waals surface area contributed by atoms with Crippen LogP contribution in [0.3, 0.4) is 0 Å². The van der Waals surface area contributed by atoms with Crippen LogP contribution >= 0.6 is 0 Å². The van der Waals surface area contributed by atoms with E-state index in [1.165, 1.54) is 0 Å². The zero-order valence-electron chi connectivity index (χ0n) is 6.89. The number of nitrogens with two attached hydrogens (primary N) is 1. The number of hydrogen-bond donors (Lipinski definition) is 2. The lowest BCUT2D eigenvalue weighted by molar-refractivity contribution is 0.501. The van der Waals surface area contributed by atoms with Gasteiger partial charge in [0, 0.05) is 6.20 Å². The average Bonchev–Trinajstić information content (AvgIpc) is 2.36. The van der Waals surface area contributed by atoms with Crippen LogP contribution < -0.4 is 5.73 Å². The third-order valence-corrected chi connectivity index (χ3v) is 2.78. The van der Waals surface area contributed by atoms with Gasteiger partial charge in [-0.25, -0.2) is 4.98 Å². The van der Waals surface area contributed by atoms with Gasteiger partial charge in [0.2, 0.25) is 0 Å². The Labute approximate surface area is 66.0 Å². The maximum absolute atomic E-state index is 6.12. The zero-order chi connectivity index (χ0) is 8.11. The molecule has 1 aliphatic carbocycles. The molecule has 1 fully saturated rings. The van der Waals surface area contributed by atoms with Crippen molar-refractivity contribution in [3.63, 3.8) is 0 Å². The highest BCUT2D eigenvalue weighted by Gasteiger charge is 2.60. The predicted octanol–water partition coefficient (Wildman–Crippen LogP) is 0.994. The molecular weight excluding hydrogens is 138 g/mol. The van der Waals surface area contributed by atoms with Gasteiger partial charge < -0.3 is 10.7 Å². The molecule has 3 nitrogen and oxygen atoms in total. The first-order chi connectivity index (χ1) is 5.06. The molecule has 1 aromatic rings. The number of aromatic amines is 1. The van der Waals surface area contributed by atoms with Crippen LogP contribution in [0.5, 0.6) is 0 Å². The Balaban J connectivity index is 2.33. The lowest BCUT2D eigenvalue weighted by Gasteiger charge is -2.11. The van der Waals surface area contributed by atoms with Crippen LogP contribution in [0.2, 0.25) is 0 Å². The van der Waals surface area contributed by atoms with Crippen LogP contribution in [0.25, 0.3) is 0 Å². The molecule has 0 bridgehead atoms. The van der Waals surface area contributed by atoms with E-state index in [0.717, 1.165) is 12.1 Å². The van der Waals surface area contributed by atoms with Crippen molar-refractivity contribution >= 4 is 0 Å². The molecule has 1 aliphatic rings. The Kier molecular flexibility index (Phi) is 1.04. The van der Waals surface area contributed by atoms with Crippen LogP contribution in [0.1, 0.15) is 26.0 Å². The maximum Gasteiger partial charge on any atom is 0.0922 e. The minimum absolute atomic E-state index is 0.149. The van der Waals surface area contributed by atoms with E-state index in [0.29, 0.717) is 0 Å². The number of hydrogen-bond acceptors (Lipinski definition) is 2. The molecule has 1 atom stereocenters. The van der Waals surface area contributed by atoms with Crippen LogP contribution in [0, 0.1) is 5.41 Å². The minimum atomic E-state index is -0.149. The van der Waals surface area contributed by atoms with Crippen LogP contribution in [0.15, 0.2) is 12.5 Å². The highest BCUT2D eigenvalue weighted by atomic mass is 15.0. The standard InChI is InChI=1S/C8H13N3/c1-7(2)4-8(7,9)6-3-10-5-11-6/h3,5H,4,9H2,1-2H3,(H,10,11). The summed E-state index contributed by atoms with van der Waals surface area (Å²) in [6.45, 7) is 4.35. The second kappa shape index (κ2) is 1.67. The van der Waals surface area contributed by atoms with Gasteiger partial charge in [-0.15, -0.1) is 0 Å². The van der Waals surface area contributed by atoms with Crippen molar-refractivity contribution < 1.29 is 0 Å². The van der Waals surface area contributed by atoms with Crippen molar-refractivity contribution in [2.75, 3.05) is 0 Å². The first-order valence-electron chi connectivity index (χ1n) is 3.84. The van der Waals surface area contributed by atoms with Gasteiger partial charge in [-0.3, -0.25) is 0 Å². The molecule has 3 heteroatoms. The van der Waals surface area contributed by atoms with Gasteiger partial charge in [0.25, 0.3) is 0 Å². The molecule has 60 valence electrons. The van der Waals surface area contributed by atoms with Gasteiger partial charge in [0.15, 0.2) is 0 Å². The number of nitrogens with zero attached hydrogens (tertiary/aromatic N) is 1. The molecule has 3 N–H and O–H groups in total. The summed E-state index contributed by atoms with van der Waals surface area (Å²) in [5.74, 6) is 0. The molecule has 0 amide bonds. The lowest BCUT2D eigenvalue weighted by atomic mass is 10.0. The van der Waals surface area contributed by atoms with E-state index in [4.69, 9.17) is 5.73 Å². The summed E-state index contributed by atoms with van der Waals surface area (Å²) in [5.41, 5.74) is 7.26. The van der Waals surface area contributed by atoms with Gasteiger partial charge in [-0.2, -0.15) is 0 Å². The average molecular weight is 151 g/mol. The molecule has 0 radical (unpaired) electrons. The molecule has 1 unspecified atom stereocenters. The van der Waals surface area contributed by atoms with Gasteiger partial charge >= 0.3 is 0 Å². The molecular formula is C8H13N3. The van der Waals surface area contributed by atoms with E-state index >= 15 is 0 Å². The monoisotopic (exact) mass is 151 g/mol.